The fourth-order valence-electron chi connectivity index (χ4n) is 2.63. The van der Waals surface area contributed by atoms with Crippen LogP contribution in [0.25, 0.3) is 0 Å². The van der Waals surface area contributed by atoms with Gasteiger partial charge in [-0.2, -0.15) is 0 Å². The lowest BCUT2D eigenvalue weighted by molar-refractivity contribution is -0.147. The van der Waals surface area contributed by atoms with Gasteiger partial charge < -0.3 is 24.5 Å². The molecule has 2 rings (SSSR count). The monoisotopic (exact) mass is 310 g/mol. The van der Waals surface area contributed by atoms with E-state index in [2.05, 4.69) is 15.4 Å². The number of amides is 1. The van der Waals surface area contributed by atoms with Crippen molar-refractivity contribution in [3.63, 3.8) is 0 Å². The molecule has 0 bridgehead atoms. The number of ether oxygens (including phenoxy) is 2. The Morgan fingerprint density at radius 2 is 2.05 bits per heavy atom. The van der Waals surface area contributed by atoms with E-state index in [-0.39, 0.29) is 12.5 Å². The Labute approximate surface area is 129 Å². The molecule has 0 aromatic carbocycles. The van der Waals surface area contributed by atoms with Crippen LogP contribution in [0.1, 0.15) is 34.7 Å². The summed E-state index contributed by atoms with van der Waals surface area (Å²) in [6.45, 7) is 3.37. The molecule has 2 N–H and O–H groups in total. The van der Waals surface area contributed by atoms with Crippen LogP contribution in [-0.2, 0) is 20.8 Å². The third-order valence-corrected chi connectivity index (χ3v) is 4.01. The van der Waals surface area contributed by atoms with Gasteiger partial charge >= 0.3 is 5.97 Å². The van der Waals surface area contributed by atoms with Gasteiger partial charge in [0.2, 0.25) is 0 Å². The first-order chi connectivity index (χ1) is 10.5. The standard InChI is InChI=1S/C15H22N2O5/c1-10-12(13(18)20-2)8-11(22-10)9-17-14(19)15(21-3)4-6-16-7-5-15/h8,16H,4-7,9H2,1-3H3,(H,17,19). The Hall–Kier alpha value is -1.86. The van der Waals surface area contributed by atoms with E-state index in [0.717, 1.165) is 13.1 Å². The predicted octanol–water partition coefficient (Wildman–Crippen LogP) is 0.759. The SMILES string of the molecule is COC(=O)c1cc(CNC(=O)C2(OC)CCNCC2)oc1C. The molecule has 0 atom stereocenters. The summed E-state index contributed by atoms with van der Waals surface area (Å²) >= 11 is 0. The first-order valence-corrected chi connectivity index (χ1v) is 7.24. The van der Waals surface area contributed by atoms with Crippen molar-refractivity contribution in [2.24, 2.45) is 0 Å². The molecular weight excluding hydrogens is 288 g/mol. The molecule has 2 heterocycles. The van der Waals surface area contributed by atoms with Crippen LogP contribution in [0, 0.1) is 6.92 Å². The molecule has 1 amide bonds. The Kier molecular flexibility index (Phi) is 5.20. The van der Waals surface area contributed by atoms with Crippen LogP contribution in [0.5, 0.6) is 0 Å². The maximum Gasteiger partial charge on any atom is 0.341 e. The highest BCUT2D eigenvalue weighted by atomic mass is 16.5. The Bertz CT molecular complexity index is 546. The molecule has 1 aromatic heterocycles. The van der Waals surface area contributed by atoms with Crippen molar-refractivity contribution in [1.82, 2.24) is 10.6 Å². The average Bonchev–Trinajstić information content (AvgIpc) is 2.93. The maximum absolute atomic E-state index is 12.4. The number of furan rings is 1. The van der Waals surface area contributed by atoms with Crippen LogP contribution < -0.4 is 10.6 Å². The van der Waals surface area contributed by atoms with Gasteiger partial charge in [0.05, 0.1) is 13.7 Å². The summed E-state index contributed by atoms with van der Waals surface area (Å²) in [6, 6.07) is 1.59. The van der Waals surface area contributed by atoms with Crippen molar-refractivity contribution in [2.45, 2.75) is 31.9 Å². The van der Waals surface area contributed by atoms with Crippen molar-refractivity contribution >= 4 is 11.9 Å². The van der Waals surface area contributed by atoms with Gasteiger partial charge in [0, 0.05) is 7.11 Å². The fourth-order valence-corrected chi connectivity index (χ4v) is 2.63. The molecule has 1 saturated heterocycles. The number of hydrogen-bond donors (Lipinski definition) is 2. The first kappa shape index (κ1) is 16.5. The summed E-state index contributed by atoms with van der Waals surface area (Å²) in [4.78, 5) is 23.9. The highest BCUT2D eigenvalue weighted by Gasteiger charge is 2.39. The minimum atomic E-state index is -0.794. The Morgan fingerprint density at radius 3 is 2.64 bits per heavy atom. The number of nitrogens with one attached hydrogen (secondary N) is 2. The van der Waals surface area contributed by atoms with Crippen molar-refractivity contribution in [2.75, 3.05) is 27.3 Å². The highest BCUT2D eigenvalue weighted by Crippen LogP contribution is 2.23. The molecule has 1 fully saturated rings. The largest absolute Gasteiger partial charge is 0.465 e. The number of rotatable bonds is 5. The van der Waals surface area contributed by atoms with E-state index >= 15 is 0 Å². The number of carbonyl (C=O) groups is 2. The van der Waals surface area contributed by atoms with Gasteiger partial charge in [-0.05, 0) is 38.9 Å². The summed E-state index contributed by atoms with van der Waals surface area (Å²) in [5, 5.41) is 6.02. The number of esters is 1. The molecule has 7 heteroatoms. The molecule has 7 nitrogen and oxygen atoms in total. The number of methoxy groups -OCH3 is 2. The minimum absolute atomic E-state index is 0.162. The van der Waals surface area contributed by atoms with Crippen molar-refractivity contribution < 1.29 is 23.5 Å². The van der Waals surface area contributed by atoms with Crippen LogP contribution in [0.2, 0.25) is 0 Å². The van der Waals surface area contributed by atoms with E-state index in [4.69, 9.17) is 9.15 Å². The summed E-state index contributed by atoms with van der Waals surface area (Å²) in [6.07, 6.45) is 1.25. The molecule has 1 aliphatic heterocycles. The van der Waals surface area contributed by atoms with Gasteiger partial charge in [-0.1, -0.05) is 0 Å². The van der Waals surface area contributed by atoms with Crippen molar-refractivity contribution in [1.29, 1.82) is 0 Å². The van der Waals surface area contributed by atoms with Gasteiger partial charge in [0.1, 0.15) is 22.7 Å². The van der Waals surface area contributed by atoms with E-state index < -0.39 is 11.6 Å². The maximum atomic E-state index is 12.4. The van der Waals surface area contributed by atoms with Gasteiger partial charge in [0.15, 0.2) is 0 Å². The van der Waals surface area contributed by atoms with Crippen molar-refractivity contribution in [3.05, 3.63) is 23.2 Å². The van der Waals surface area contributed by atoms with E-state index in [9.17, 15) is 9.59 Å². The zero-order valence-corrected chi connectivity index (χ0v) is 13.2. The summed E-state index contributed by atoms with van der Waals surface area (Å²) < 4.78 is 15.6. The number of piperidine rings is 1. The first-order valence-electron chi connectivity index (χ1n) is 7.24. The minimum Gasteiger partial charge on any atom is -0.465 e. The highest BCUT2D eigenvalue weighted by molar-refractivity contribution is 5.90. The van der Waals surface area contributed by atoms with Crippen LogP contribution in [0.4, 0.5) is 0 Å². The molecule has 0 saturated carbocycles. The topological polar surface area (TPSA) is 89.8 Å². The second-order valence-electron chi connectivity index (χ2n) is 5.31. The normalized spacial score (nSPS) is 17.0. The van der Waals surface area contributed by atoms with Gasteiger partial charge in [-0.25, -0.2) is 4.79 Å². The number of hydrogen-bond acceptors (Lipinski definition) is 6. The Morgan fingerprint density at radius 1 is 1.36 bits per heavy atom. The lowest BCUT2D eigenvalue weighted by Gasteiger charge is -2.34. The molecule has 22 heavy (non-hydrogen) atoms. The van der Waals surface area contributed by atoms with Crippen molar-refractivity contribution in [3.8, 4) is 0 Å². The van der Waals surface area contributed by atoms with Crippen LogP contribution in [-0.4, -0.2) is 44.8 Å². The third-order valence-electron chi connectivity index (χ3n) is 4.01. The van der Waals surface area contributed by atoms with Crippen LogP contribution in [0.15, 0.2) is 10.5 Å². The van der Waals surface area contributed by atoms with Crippen LogP contribution in [0.3, 0.4) is 0 Å². The third kappa shape index (κ3) is 3.31. The van der Waals surface area contributed by atoms with E-state index in [1.165, 1.54) is 7.11 Å². The molecule has 1 aromatic rings. The second kappa shape index (κ2) is 6.93. The summed E-state index contributed by atoms with van der Waals surface area (Å²) in [7, 11) is 2.87. The molecule has 122 valence electrons. The summed E-state index contributed by atoms with van der Waals surface area (Å²) in [5.41, 5.74) is -0.423. The van der Waals surface area contributed by atoms with E-state index in [1.807, 2.05) is 0 Å². The second-order valence-corrected chi connectivity index (χ2v) is 5.31. The Balaban J connectivity index is 2.00. The zero-order valence-electron chi connectivity index (χ0n) is 13.2. The molecule has 0 spiro atoms. The molecule has 0 radical (unpaired) electrons. The molecule has 1 aliphatic rings. The molecule has 0 unspecified atom stereocenters. The average molecular weight is 310 g/mol. The lowest BCUT2D eigenvalue weighted by Crippen LogP contribution is -2.53. The molecule has 0 aliphatic carbocycles. The van der Waals surface area contributed by atoms with Gasteiger partial charge in [-0.3, -0.25) is 4.79 Å². The van der Waals surface area contributed by atoms with Gasteiger partial charge in [0.25, 0.3) is 5.91 Å². The number of carbonyl (C=O) groups excluding carboxylic acids is 2. The fraction of sp³-hybridized carbons (Fsp3) is 0.600. The lowest BCUT2D eigenvalue weighted by atomic mass is 9.91. The van der Waals surface area contributed by atoms with E-state index in [0.29, 0.717) is 29.9 Å². The smallest absolute Gasteiger partial charge is 0.341 e. The summed E-state index contributed by atoms with van der Waals surface area (Å²) in [5.74, 6) is 0.363. The van der Waals surface area contributed by atoms with E-state index in [1.54, 1.807) is 20.1 Å². The quantitative estimate of drug-likeness (QED) is 0.781. The van der Waals surface area contributed by atoms with Crippen LogP contribution >= 0.6 is 0 Å². The van der Waals surface area contributed by atoms with Gasteiger partial charge in [-0.15, -0.1) is 0 Å². The zero-order chi connectivity index (χ0) is 16.2. The molecular formula is C15H22N2O5. The number of aryl methyl sites for hydroxylation is 1. The predicted molar refractivity (Wildman–Crippen MR) is 78.5 cm³/mol.